The molecule has 3 heteroatoms. The summed E-state index contributed by atoms with van der Waals surface area (Å²) in [6.45, 7) is 0. The van der Waals surface area contributed by atoms with Gasteiger partial charge in [-0.05, 0) is 53.8 Å². The zero-order chi connectivity index (χ0) is 22.5. The quantitative estimate of drug-likeness (QED) is 0.260. The molecule has 0 bridgehead atoms. The molecule has 0 aliphatic rings. The lowest BCUT2D eigenvalue weighted by Crippen LogP contribution is -3.00. The second kappa shape index (κ2) is 10.7. The Bertz CT molecular complexity index is 1340. The van der Waals surface area contributed by atoms with Gasteiger partial charge in [0.05, 0.1) is 18.3 Å². The summed E-state index contributed by atoms with van der Waals surface area (Å²) < 4.78 is 5.85. The van der Waals surface area contributed by atoms with Crippen LogP contribution in [0.4, 0.5) is 0 Å². The molecule has 0 saturated carbocycles. The van der Waals surface area contributed by atoms with Gasteiger partial charge in [0.1, 0.15) is 21.7 Å². The molecule has 5 aromatic rings. The fraction of sp³-hybridized carbons (Fsp3) is 0.0323. The van der Waals surface area contributed by atoms with Crippen LogP contribution >= 0.6 is 7.26 Å². The molecule has 0 radical (unpaired) electrons. The van der Waals surface area contributed by atoms with Crippen molar-refractivity contribution in [1.29, 1.82) is 0 Å². The summed E-state index contributed by atoms with van der Waals surface area (Å²) in [6, 6.07) is 44.5. The zero-order valence-corrected chi connectivity index (χ0v) is 21.3. The Morgan fingerprint density at radius 2 is 1.03 bits per heavy atom. The predicted octanol–water partition coefficient (Wildman–Crippen LogP) is 3.16. The van der Waals surface area contributed by atoms with E-state index in [0.29, 0.717) is 0 Å². The van der Waals surface area contributed by atoms with Crippen molar-refractivity contribution in [2.45, 2.75) is 0 Å². The highest BCUT2D eigenvalue weighted by Gasteiger charge is 2.44. The summed E-state index contributed by atoms with van der Waals surface area (Å²) in [5.74, 6) is 4.39. The average Bonchev–Trinajstić information content (AvgIpc) is 2.90. The summed E-state index contributed by atoms with van der Waals surface area (Å²) in [5.41, 5.74) is 4.72. The number of hydrogen-bond donors (Lipinski definition) is 0. The lowest BCUT2D eigenvalue weighted by molar-refractivity contribution is -0.00000651. The van der Waals surface area contributed by atoms with E-state index in [4.69, 9.17) is 4.74 Å². The van der Waals surface area contributed by atoms with Crippen LogP contribution in [0.15, 0.2) is 127 Å². The third-order valence-electron chi connectivity index (χ3n) is 5.87. The Morgan fingerprint density at radius 3 is 1.53 bits per heavy atom. The Hall–Kier alpha value is -3.37. The second-order valence-corrected chi connectivity index (χ2v) is 10.9. The fourth-order valence-corrected chi connectivity index (χ4v) is 7.73. The minimum atomic E-state index is -2.23. The summed E-state index contributed by atoms with van der Waals surface area (Å²) >= 11 is 0. The van der Waals surface area contributed by atoms with Crippen molar-refractivity contribution in [3.05, 3.63) is 133 Å². The van der Waals surface area contributed by atoms with Crippen molar-refractivity contribution in [1.82, 2.24) is 0 Å². The number of hydrogen-bond acceptors (Lipinski definition) is 1. The van der Waals surface area contributed by atoms with Crippen molar-refractivity contribution < 1.29 is 21.7 Å². The normalized spacial score (nSPS) is 10.6. The van der Waals surface area contributed by atoms with Crippen molar-refractivity contribution in [2.24, 2.45) is 0 Å². The van der Waals surface area contributed by atoms with E-state index < -0.39 is 7.26 Å². The van der Waals surface area contributed by atoms with Gasteiger partial charge in [0.15, 0.2) is 7.26 Å². The molecule has 34 heavy (non-hydrogen) atoms. The van der Waals surface area contributed by atoms with Gasteiger partial charge in [-0.15, -0.1) is 0 Å². The largest absolute Gasteiger partial charge is 1.00 e. The van der Waals surface area contributed by atoms with Gasteiger partial charge >= 0.3 is 0 Å². The van der Waals surface area contributed by atoms with Gasteiger partial charge in [-0.3, -0.25) is 0 Å². The highest BCUT2D eigenvalue weighted by Crippen LogP contribution is 2.54. The number of ether oxygens (including phenoxy) is 1. The SMILES string of the molecule is COc1c(C#C[P+](c2ccccc2)(c2ccccc2)c2ccccc2)ccc2ccccc12.[Br-]. The molecule has 0 fully saturated rings. The molecule has 0 aliphatic heterocycles. The van der Waals surface area contributed by atoms with Crippen LogP contribution in [0, 0.1) is 11.6 Å². The van der Waals surface area contributed by atoms with Gasteiger partial charge in [0, 0.05) is 5.39 Å². The van der Waals surface area contributed by atoms with Crippen molar-refractivity contribution in [3.8, 4) is 17.3 Å². The summed E-state index contributed by atoms with van der Waals surface area (Å²) in [5, 5.41) is 5.96. The molecular weight excluding hydrogens is 499 g/mol. The van der Waals surface area contributed by atoms with E-state index in [0.717, 1.165) is 22.1 Å². The lowest BCUT2D eigenvalue weighted by Gasteiger charge is -2.21. The van der Waals surface area contributed by atoms with Crippen LogP contribution in [0.1, 0.15) is 5.56 Å². The molecule has 0 spiro atoms. The molecule has 166 valence electrons. The molecular formula is C31H24BrOP. The first-order valence-electron chi connectivity index (χ1n) is 11.0. The second-order valence-electron chi connectivity index (χ2n) is 7.78. The van der Waals surface area contributed by atoms with Gasteiger partial charge < -0.3 is 21.7 Å². The van der Waals surface area contributed by atoms with E-state index in [1.807, 2.05) is 12.1 Å². The minimum Gasteiger partial charge on any atom is -1.00 e. The van der Waals surface area contributed by atoms with Crippen LogP contribution in [-0.2, 0) is 0 Å². The maximum atomic E-state index is 5.85. The highest BCUT2D eigenvalue weighted by atomic mass is 79.9. The molecule has 5 rings (SSSR count). The average molecular weight is 523 g/mol. The van der Waals surface area contributed by atoms with E-state index in [-0.39, 0.29) is 17.0 Å². The number of benzene rings is 5. The monoisotopic (exact) mass is 522 g/mol. The number of methoxy groups -OCH3 is 1. The molecule has 1 nitrogen and oxygen atoms in total. The maximum Gasteiger partial charge on any atom is 0.189 e. The molecule has 0 aliphatic carbocycles. The third kappa shape index (κ3) is 4.38. The highest BCUT2D eigenvalue weighted by molar-refractivity contribution is 7.99. The van der Waals surface area contributed by atoms with Crippen LogP contribution in [0.2, 0.25) is 0 Å². The number of fused-ring (bicyclic) bond motifs is 1. The van der Waals surface area contributed by atoms with E-state index in [9.17, 15) is 0 Å². The Labute approximate surface area is 212 Å². The van der Waals surface area contributed by atoms with Gasteiger partial charge in [-0.25, -0.2) is 0 Å². The number of halogens is 1. The smallest absolute Gasteiger partial charge is 0.189 e. The molecule has 0 N–H and O–H groups in total. The Morgan fingerprint density at radius 1 is 0.559 bits per heavy atom. The van der Waals surface area contributed by atoms with Gasteiger partial charge in [0.2, 0.25) is 0 Å². The van der Waals surface area contributed by atoms with Gasteiger partial charge in [0.25, 0.3) is 0 Å². The van der Waals surface area contributed by atoms with Crippen LogP contribution in [0.3, 0.4) is 0 Å². The lowest BCUT2D eigenvalue weighted by atomic mass is 10.1. The van der Waals surface area contributed by atoms with E-state index >= 15 is 0 Å². The first-order chi connectivity index (χ1) is 16.3. The topological polar surface area (TPSA) is 9.23 Å². The first-order valence-corrected chi connectivity index (χ1v) is 12.8. The third-order valence-corrected chi connectivity index (χ3v) is 9.54. The molecule has 0 amide bonds. The van der Waals surface area contributed by atoms with E-state index in [1.54, 1.807) is 7.11 Å². The molecule has 0 atom stereocenters. The van der Waals surface area contributed by atoms with E-state index in [2.05, 4.69) is 127 Å². The zero-order valence-electron chi connectivity index (χ0n) is 18.9. The summed E-state index contributed by atoms with van der Waals surface area (Å²) in [4.78, 5) is 0. The molecule has 0 unspecified atom stereocenters. The van der Waals surface area contributed by atoms with Crippen LogP contribution in [0.25, 0.3) is 10.8 Å². The minimum absolute atomic E-state index is 0. The molecule has 0 saturated heterocycles. The fourth-order valence-electron chi connectivity index (χ4n) is 4.30. The van der Waals surface area contributed by atoms with Crippen LogP contribution in [0.5, 0.6) is 5.75 Å². The molecule has 0 heterocycles. The standard InChI is InChI=1S/C31H24OP.BrH/c1-32-31-26(22-21-25-13-11-12-20-30(25)31)23-24-33(27-14-5-2-6-15-27,28-16-7-3-8-17-28)29-18-9-4-10-19-29;/h2-22H,1H3;1H/q+1;/p-1. The van der Waals surface area contributed by atoms with Gasteiger partial charge in [-0.1, -0.05) is 84.9 Å². The Balaban J connectivity index is 0.00000274. The van der Waals surface area contributed by atoms with Crippen LogP contribution in [-0.4, -0.2) is 7.11 Å². The molecule has 5 aromatic carbocycles. The first kappa shape index (κ1) is 23.8. The molecule has 0 aromatic heterocycles. The maximum absolute atomic E-state index is 5.85. The Kier molecular flexibility index (Phi) is 7.49. The van der Waals surface area contributed by atoms with Crippen molar-refractivity contribution in [3.63, 3.8) is 0 Å². The summed E-state index contributed by atoms with van der Waals surface area (Å²) in [7, 11) is -0.503. The van der Waals surface area contributed by atoms with Crippen LogP contribution < -0.4 is 37.6 Å². The number of rotatable bonds is 4. The van der Waals surface area contributed by atoms with Gasteiger partial charge in [-0.2, -0.15) is 0 Å². The summed E-state index contributed by atoms with van der Waals surface area (Å²) in [6.07, 6.45) is 0. The predicted molar refractivity (Wildman–Crippen MR) is 143 cm³/mol. The van der Waals surface area contributed by atoms with Crippen molar-refractivity contribution >= 4 is 33.9 Å². The van der Waals surface area contributed by atoms with Crippen molar-refractivity contribution in [2.75, 3.05) is 7.11 Å². The van der Waals surface area contributed by atoms with E-state index in [1.165, 1.54) is 15.9 Å².